The summed E-state index contributed by atoms with van der Waals surface area (Å²) in [6, 6.07) is 15.1. The molecule has 3 aromatic rings. The molecule has 5 heteroatoms. The molecule has 3 rings (SSSR count). The first-order valence-corrected chi connectivity index (χ1v) is 8.86. The molecule has 1 heterocycles. The van der Waals surface area contributed by atoms with Crippen LogP contribution >= 0.6 is 0 Å². The highest BCUT2D eigenvalue weighted by molar-refractivity contribution is 6.05. The van der Waals surface area contributed by atoms with E-state index in [2.05, 4.69) is 48.5 Å². The third-order valence-electron chi connectivity index (χ3n) is 4.70. The quantitative estimate of drug-likeness (QED) is 0.587. The fraction of sp³-hybridized carbons (Fsp3) is 0.182. The summed E-state index contributed by atoms with van der Waals surface area (Å²) in [6.45, 7) is 7.06. The largest absolute Gasteiger partial charge is 0.397 e. The van der Waals surface area contributed by atoms with E-state index in [1.807, 2.05) is 12.1 Å². The summed E-state index contributed by atoms with van der Waals surface area (Å²) in [5.74, 6) is 0.485. The molecular weight excluding hydrogens is 336 g/mol. The molecule has 0 aliphatic heterocycles. The Kier molecular flexibility index (Phi) is 5.41. The van der Waals surface area contributed by atoms with Gasteiger partial charge >= 0.3 is 0 Å². The summed E-state index contributed by atoms with van der Waals surface area (Å²) >= 11 is 0. The van der Waals surface area contributed by atoms with E-state index in [0.717, 1.165) is 5.82 Å². The van der Waals surface area contributed by atoms with Gasteiger partial charge in [0, 0.05) is 12.7 Å². The van der Waals surface area contributed by atoms with Crippen LogP contribution in [0.4, 0.5) is 17.2 Å². The Hall–Kier alpha value is -3.34. The van der Waals surface area contributed by atoms with E-state index in [1.54, 1.807) is 30.5 Å². The van der Waals surface area contributed by atoms with Crippen LogP contribution in [0.2, 0.25) is 0 Å². The molecule has 138 valence electrons. The van der Waals surface area contributed by atoms with Crippen molar-refractivity contribution in [1.29, 1.82) is 0 Å². The van der Waals surface area contributed by atoms with Gasteiger partial charge in [-0.3, -0.25) is 4.79 Å². The number of pyridine rings is 1. The van der Waals surface area contributed by atoms with E-state index in [4.69, 9.17) is 5.73 Å². The van der Waals surface area contributed by atoms with Crippen molar-refractivity contribution in [2.24, 2.45) is 0 Å². The minimum Gasteiger partial charge on any atom is -0.397 e. The van der Waals surface area contributed by atoms with Crippen molar-refractivity contribution in [3.05, 3.63) is 82.5 Å². The zero-order valence-electron chi connectivity index (χ0n) is 15.8. The number of para-hydroxylation sites is 2. The van der Waals surface area contributed by atoms with Crippen LogP contribution in [-0.4, -0.2) is 10.9 Å². The van der Waals surface area contributed by atoms with Gasteiger partial charge in [0.15, 0.2) is 0 Å². The lowest BCUT2D eigenvalue weighted by Gasteiger charge is -2.11. The molecule has 0 aliphatic rings. The topological polar surface area (TPSA) is 80.0 Å². The molecular formula is C22H24N4O. The lowest BCUT2D eigenvalue weighted by molar-refractivity contribution is 0.102. The van der Waals surface area contributed by atoms with E-state index >= 15 is 0 Å². The zero-order chi connectivity index (χ0) is 19.4. The lowest BCUT2D eigenvalue weighted by atomic mass is 10.0. The maximum absolute atomic E-state index is 12.3. The average Bonchev–Trinajstić information content (AvgIpc) is 2.66. The van der Waals surface area contributed by atoms with Crippen LogP contribution in [0.5, 0.6) is 0 Å². The smallest absolute Gasteiger partial charge is 0.257 e. The summed E-state index contributed by atoms with van der Waals surface area (Å²) in [5.41, 5.74) is 12.6. The Morgan fingerprint density at radius 2 is 1.74 bits per heavy atom. The molecule has 1 amide bonds. The predicted octanol–water partition coefficient (Wildman–Crippen LogP) is 4.45. The standard InChI is InChI=1S/C22H24N4O/c1-14-10-17(11-15(2)16(14)3)12-24-21-9-8-18(13-25-21)22(27)26-20-7-5-4-6-19(20)23/h4-11,13H,12,23H2,1-3H3,(H,24,25)(H,26,27). The van der Waals surface area contributed by atoms with Gasteiger partial charge in [-0.1, -0.05) is 24.3 Å². The summed E-state index contributed by atoms with van der Waals surface area (Å²) in [5, 5.41) is 6.09. The summed E-state index contributed by atoms with van der Waals surface area (Å²) in [7, 11) is 0. The molecule has 0 radical (unpaired) electrons. The number of aryl methyl sites for hydroxylation is 2. The van der Waals surface area contributed by atoms with Gasteiger partial charge in [0.2, 0.25) is 0 Å². The number of carbonyl (C=O) groups is 1. The Labute approximate surface area is 159 Å². The normalized spacial score (nSPS) is 10.5. The van der Waals surface area contributed by atoms with Crippen molar-refractivity contribution in [1.82, 2.24) is 4.98 Å². The number of nitrogens with two attached hydrogens (primary N) is 1. The highest BCUT2D eigenvalue weighted by Crippen LogP contribution is 2.19. The molecule has 4 N–H and O–H groups in total. The van der Waals surface area contributed by atoms with E-state index in [-0.39, 0.29) is 5.91 Å². The molecule has 0 bridgehead atoms. The third-order valence-corrected chi connectivity index (χ3v) is 4.70. The van der Waals surface area contributed by atoms with Gasteiger partial charge in [0.1, 0.15) is 5.82 Å². The number of hydrogen-bond donors (Lipinski definition) is 3. The number of hydrogen-bond acceptors (Lipinski definition) is 4. The van der Waals surface area contributed by atoms with Gasteiger partial charge in [-0.2, -0.15) is 0 Å². The molecule has 0 saturated carbocycles. The number of nitrogen functional groups attached to an aromatic ring is 1. The summed E-state index contributed by atoms with van der Waals surface area (Å²) < 4.78 is 0. The molecule has 0 spiro atoms. The van der Waals surface area contributed by atoms with Gasteiger partial charge in [-0.25, -0.2) is 4.98 Å². The minimum absolute atomic E-state index is 0.239. The maximum atomic E-state index is 12.3. The van der Waals surface area contributed by atoms with E-state index in [1.165, 1.54) is 22.3 Å². The van der Waals surface area contributed by atoms with E-state index in [9.17, 15) is 4.79 Å². The van der Waals surface area contributed by atoms with Crippen molar-refractivity contribution >= 4 is 23.1 Å². The number of carbonyl (C=O) groups excluding carboxylic acids is 1. The summed E-state index contributed by atoms with van der Waals surface area (Å²) in [4.78, 5) is 16.7. The van der Waals surface area contributed by atoms with Crippen LogP contribution in [0.3, 0.4) is 0 Å². The fourth-order valence-corrected chi connectivity index (χ4v) is 2.86. The van der Waals surface area contributed by atoms with Crippen molar-refractivity contribution < 1.29 is 4.79 Å². The first-order valence-electron chi connectivity index (χ1n) is 8.86. The molecule has 5 nitrogen and oxygen atoms in total. The summed E-state index contributed by atoms with van der Waals surface area (Å²) in [6.07, 6.45) is 1.56. The third kappa shape index (κ3) is 4.44. The van der Waals surface area contributed by atoms with Gasteiger partial charge < -0.3 is 16.4 Å². The second kappa shape index (κ2) is 7.91. The molecule has 0 atom stereocenters. The lowest BCUT2D eigenvalue weighted by Crippen LogP contribution is -2.13. The van der Waals surface area contributed by atoms with Crippen molar-refractivity contribution in [2.75, 3.05) is 16.4 Å². The number of rotatable bonds is 5. The van der Waals surface area contributed by atoms with Crippen molar-refractivity contribution in [2.45, 2.75) is 27.3 Å². The van der Waals surface area contributed by atoms with Crippen LogP contribution in [-0.2, 0) is 6.54 Å². The Balaban J connectivity index is 1.63. The zero-order valence-corrected chi connectivity index (χ0v) is 15.8. The number of amides is 1. The molecule has 0 unspecified atom stereocenters. The van der Waals surface area contributed by atoms with Crippen LogP contribution in [0.25, 0.3) is 0 Å². The molecule has 27 heavy (non-hydrogen) atoms. The molecule has 0 fully saturated rings. The number of aromatic nitrogens is 1. The molecule has 1 aromatic heterocycles. The van der Waals surface area contributed by atoms with Gasteiger partial charge in [-0.15, -0.1) is 0 Å². The van der Waals surface area contributed by atoms with Crippen LogP contribution in [0.1, 0.15) is 32.6 Å². The van der Waals surface area contributed by atoms with Gasteiger partial charge in [0.05, 0.1) is 16.9 Å². The number of benzene rings is 2. The molecule has 0 saturated heterocycles. The first-order chi connectivity index (χ1) is 12.9. The molecule has 0 aliphatic carbocycles. The Morgan fingerprint density at radius 3 is 2.37 bits per heavy atom. The van der Waals surface area contributed by atoms with Crippen molar-refractivity contribution in [3.8, 4) is 0 Å². The number of nitrogens with zero attached hydrogens (tertiary/aromatic N) is 1. The second-order valence-electron chi connectivity index (χ2n) is 6.68. The second-order valence-corrected chi connectivity index (χ2v) is 6.68. The van der Waals surface area contributed by atoms with Crippen molar-refractivity contribution in [3.63, 3.8) is 0 Å². The predicted molar refractivity (Wildman–Crippen MR) is 111 cm³/mol. The highest BCUT2D eigenvalue weighted by atomic mass is 16.1. The minimum atomic E-state index is -0.239. The first kappa shape index (κ1) is 18.5. The van der Waals surface area contributed by atoms with Gasteiger partial charge in [-0.05, 0) is 67.3 Å². The van der Waals surface area contributed by atoms with Gasteiger partial charge in [0.25, 0.3) is 5.91 Å². The maximum Gasteiger partial charge on any atom is 0.257 e. The fourth-order valence-electron chi connectivity index (χ4n) is 2.86. The van der Waals surface area contributed by atoms with Crippen LogP contribution < -0.4 is 16.4 Å². The SMILES string of the molecule is Cc1cc(CNc2ccc(C(=O)Nc3ccccc3N)cn2)cc(C)c1C. The van der Waals surface area contributed by atoms with E-state index in [0.29, 0.717) is 23.5 Å². The Bertz CT molecular complexity index is 941. The number of anilines is 3. The Morgan fingerprint density at radius 1 is 1.04 bits per heavy atom. The monoisotopic (exact) mass is 360 g/mol. The van der Waals surface area contributed by atoms with E-state index < -0.39 is 0 Å². The number of nitrogens with one attached hydrogen (secondary N) is 2. The van der Waals surface area contributed by atoms with Crippen LogP contribution in [0, 0.1) is 20.8 Å². The van der Waals surface area contributed by atoms with Crippen LogP contribution in [0.15, 0.2) is 54.7 Å². The molecule has 2 aromatic carbocycles. The highest BCUT2D eigenvalue weighted by Gasteiger charge is 2.08. The average molecular weight is 360 g/mol.